The molecule has 4 heteroatoms. The topological polar surface area (TPSA) is 55.6 Å². The minimum atomic E-state index is -0.218. The quantitative estimate of drug-likeness (QED) is 0.777. The predicted molar refractivity (Wildman–Crippen MR) is 64.4 cm³/mol. The normalized spacial score (nSPS) is 35.2. The number of hydrogen-bond acceptors (Lipinski definition) is 3. The van der Waals surface area contributed by atoms with Crippen LogP contribution < -0.4 is 5.73 Å². The molecule has 0 radical (unpaired) electrons. The van der Waals surface area contributed by atoms with Gasteiger partial charge in [-0.1, -0.05) is 6.42 Å². The molecule has 0 aromatic heterocycles. The SMILES string of the molecule is NCC1(C(=O)N2CCOC3CCCC32)CCC1. The molecule has 0 bridgehead atoms. The van der Waals surface area contributed by atoms with Crippen LogP contribution in [0.25, 0.3) is 0 Å². The van der Waals surface area contributed by atoms with Crippen molar-refractivity contribution in [2.24, 2.45) is 11.1 Å². The van der Waals surface area contributed by atoms with Gasteiger partial charge in [-0.15, -0.1) is 0 Å². The van der Waals surface area contributed by atoms with Gasteiger partial charge in [0.1, 0.15) is 0 Å². The van der Waals surface area contributed by atoms with Gasteiger partial charge in [-0.3, -0.25) is 4.79 Å². The van der Waals surface area contributed by atoms with Crippen LogP contribution in [0.3, 0.4) is 0 Å². The van der Waals surface area contributed by atoms with E-state index >= 15 is 0 Å². The summed E-state index contributed by atoms with van der Waals surface area (Å²) >= 11 is 0. The van der Waals surface area contributed by atoms with E-state index in [1.165, 1.54) is 6.42 Å². The molecule has 0 spiro atoms. The number of carbonyl (C=O) groups excluding carboxylic acids is 1. The summed E-state index contributed by atoms with van der Waals surface area (Å²) in [6.45, 7) is 1.98. The van der Waals surface area contributed by atoms with Gasteiger partial charge >= 0.3 is 0 Å². The van der Waals surface area contributed by atoms with E-state index in [0.717, 1.165) is 38.6 Å². The average Bonchev–Trinajstić information content (AvgIpc) is 2.75. The zero-order valence-corrected chi connectivity index (χ0v) is 10.4. The Kier molecular flexibility index (Phi) is 2.87. The van der Waals surface area contributed by atoms with E-state index in [9.17, 15) is 4.79 Å². The number of amides is 1. The van der Waals surface area contributed by atoms with E-state index in [2.05, 4.69) is 4.90 Å². The lowest BCUT2D eigenvalue weighted by Gasteiger charge is -2.47. The number of morpholine rings is 1. The molecule has 2 saturated carbocycles. The Balaban J connectivity index is 1.76. The Labute approximate surface area is 102 Å². The van der Waals surface area contributed by atoms with E-state index in [4.69, 9.17) is 10.5 Å². The van der Waals surface area contributed by atoms with Crippen molar-refractivity contribution in [3.8, 4) is 0 Å². The number of nitrogens with zero attached hydrogens (tertiary/aromatic N) is 1. The number of rotatable bonds is 2. The largest absolute Gasteiger partial charge is 0.374 e. The fraction of sp³-hybridized carbons (Fsp3) is 0.923. The molecule has 0 aromatic rings. The van der Waals surface area contributed by atoms with Crippen molar-refractivity contribution < 1.29 is 9.53 Å². The number of carbonyl (C=O) groups is 1. The van der Waals surface area contributed by atoms with Crippen LogP contribution in [0.4, 0.5) is 0 Å². The molecule has 17 heavy (non-hydrogen) atoms. The van der Waals surface area contributed by atoms with Crippen LogP contribution in [0.15, 0.2) is 0 Å². The van der Waals surface area contributed by atoms with Crippen LogP contribution in [-0.4, -0.2) is 42.6 Å². The van der Waals surface area contributed by atoms with Gasteiger partial charge in [0.25, 0.3) is 0 Å². The standard InChI is InChI=1S/C13H22N2O2/c14-9-13(5-2-6-13)12(16)15-7-8-17-11-4-1-3-10(11)15/h10-11H,1-9,14H2. The smallest absolute Gasteiger partial charge is 0.230 e. The molecule has 0 aromatic carbocycles. The van der Waals surface area contributed by atoms with Gasteiger partial charge in [-0.2, -0.15) is 0 Å². The second-order valence-electron chi connectivity index (χ2n) is 5.74. The zero-order valence-electron chi connectivity index (χ0n) is 10.4. The van der Waals surface area contributed by atoms with Crippen molar-refractivity contribution in [1.82, 2.24) is 4.90 Å². The first-order chi connectivity index (χ1) is 8.27. The number of hydrogen-bond donors (Lipinski definition) is 1. The van der Waals surface area contributed by atoms with Crippen molar-refractivity contribution in [1.29, 1.82) is 0 Å². The second kappa shape index (κ2) is 4.25. The summed E-state index contributed by atoms with van der Waals surface area (Å²) in [5, 5.41) is 0. The minimum Gasteiger partial charge on any atom is -0.374 e. The lowest BCUT2D eigenvalue weighted by Crippen LogP contribution is -2.59. The zero-order chi connectivity index (χ0) is 11.9. The third kappa shape index (κ3) is 1.69. The third-order valence-corrected chi connectivity index (χ3v) is 4.90. The maximum absolute atomic E-state index is 12.7. The lowest BCUT2D eigenvalue weighted by atomic mass is 9.67. The van der Waals surface area contributed by atoms with Gasteiger partial charge in [0, 0.05) is 13.1 Å². The monoisotopic (exact) mass is 238 g/mol. The van der Waals surface area contributed by atoms with E-state index < -0.39 is 0 Å². The molecule has 3 fully saturated rings. The Morgan fingerprint density at radius 2 is 2.18 bits per heavy atom. The van der Waals surface area contributed by atoms with Crippen LogP contribution in [0.1, 0.15) is 38.5 Å². The van der Waals surface area contributed by atoms with E-state index in [-0.39, 0.29) is 5.41 Å². The Morgan fingerprint density at radius 1 is 1.35 bits per heavy atom. The first kappa shape index (κ1) is 11.5. The molecule has 1 heterocycles. The minimum absolute atomic E-state index is 0.218. The molecule has 2 N–H and O–H groups in total. The molecular formula is C13H22N2O2. The van der Waals surface area contributed by atoms with E-state index in [0.29, 0.717) is 31.2 Å². The van der Waals surface area contributed by atoms with Crippen molar-refractivity contribution in [2.75, 3.05) is 19.7 Å². The van der Waals surface area contributed by atoms with Crippen LogP contribution in [-0.2, 0) is 9.53 Å². The lowest BCUT2D eigenvalue weighted by molar-refractivity contribution is -0.159. The molecule has 1 aliphatic heterocycles. The molecule has 96 valence electrons. The highest BCUT2D eigenvalue weighted by molar-refractivity contribution is 5.84. The summed E-state index contributed by atoms with van der Waals surface area (Å²) in [7, 11) is 0. The van der Waals surface area contributed by atoms with E-state index in [1.54, 1.807) is 0 Å². The molecule has 3 rings (SSSR count). The molecule has 2 atom stereocenters. The van der Waals surface area contributed by atoms with Crippen LogP contribution in [0.2, 0.25) is 0 Å². The second-order valence-corrected chi connectivity index (χ2v) is 5.74. The molecule has 1 amide bonds. The first-order valence-electron chi connectivity index (χ1n) is 6.90. The number of fused-ring (bicyclic) bond motifs is 1. The fourth-order valence-corrected chi connectivity index (χ4v) is 3.59. The maximum Gasteiger partial charge on any atom is 0.230 e. The summed E-state index contributed by atoms with van der Waals surface area (Å²) in [4.78, 5) is 14.8. The Hall–Kier alpha value is -0.610. The summed E-state index contributed by atoms with van der Waals surface area (Å²) in [5.74, 6) is 0.312. The number of nitrogens with two attached hydrogens (primary N) is 1. The van der Waals surface area contributed by atoms with Crippen LogP contribution >= 0.6 is 0 Å². The van der Waals surface area contributed by atoms with Crippen molar-refractivity contribution in [3.63, 3.8) is 0 Å². The highest BCUT2D eigenvalue weighted by Crippen LogP contribution is 2.43. The highest BCUT2D eigenvalue weighted by Gasteiger charge is 2.49. The van der Waals surface area contributed by atoms with Gasteiger partial charge in [0.05, 0.1) is 24.2 Å². The van der Waals surface area contributed by atoms with Crippen LogP contribution in [0.5, 0.6) is 0 Å². The fourth-order valence-electron chi connectivity index (χ4n) is 3.59. The summed E-state index contributed by atoms with van der Waals surface area (Å²) in [5.41, 5.74) is 5.62. The molecule has 2 unspecified atom stereocenters. The molecule has 1 saturated heterocycles. The van der Waals surface area contributed by atoms with Gasteiger partial charge in [0.2, 0.25) is 5.91 Å². The summed E-state index contributed by atoms with van der Waals surface area (Å²) < 4.78 is 5.76. The summed E-state index contributed by atoms with van der Waals surface area (Å²) in [6, 6.07) is 0.334. The van der Waals surface area contributed by atoms with Gasteiger partial charge in [-0.05, 0) is 32.1 Å². The molecule has 4 nitrogen and oxygen atoms in total. The van der Waals surface area contributed by atoms with Gasteiger partial charge < -0.3 is 15.4 Å². The van der Waals surface area contributed by atoms with Crippen LogP contribution in [0, 0.1) is 5.41 Å². The number of ether oxygens (including phenoxy) is 1. The molecule has 2 aliphatic carbocycles. The Morgan fingerprint density at radius 3 is 2.82 bits per heavy atom. The van der Waals surface area contributed by atoms with Gasteiger partial charge in [0.15, 0.2) is 0 Å². The highest BCUT2D eigenvalue weighted by atomic mass is 16.5. The summed E-state index contributed by atoms with van der Waals surface area (Å²) in [6.07, 6.45) is 6.83. The first-order valence-corrected chi connectivity index (χ1v) is 6.90. The molecular weight excluding hydrogens is 216 g/mol. The van der Waals surface area contributed by atoms with Crippen molar-refractivity contribution in [3.05, 3.63) is 0 Å². The average molecular weight is 238 g/mol. The Bertz CT molecular complexity index is 309. The van der Waals surface area contributed by atoms with Crippen molar-refractivity contribution in [2.45, 2.75) is 50.7 Å². The van der Waals surface area contributed by atoms with E-state index in [1.807, 2.05) is 0 Å². The van der Waals surface area contributed by atoms with Crippen molar-refractivity contribution >= 4 is 5.91 Å². The maximum atomic E-state index is 12.7. The predicted octanol–water partition coefficient (Wildman–Crippen LogP) is 0.895. The third-order valence-electron chi connectivity index (χ3n) is 4.90. The molecule has 3 aliphatic rings. The van der Waals surface area contributed by atoms with Gasteiger partial charge in [-0.25, -0.2) is 0 Å².